The summed E-state index contributed by atoms with van der Waals surface area (Å²) in [6.07, 6.45) is 0.878. The van der Waals surface area contributed by atoms with Crippen molar-refractivity contribution in [3.05, 3.63) is 83.4 Å². The van der Waals surface area contributed by atoms with E-state index in [4.69, 9.17) is 9.47 Å². The molecule has 4 nitrogen and oxygen atoms in total. The van der Waals surface area contributed by atoms with Crippen LogP contribution >= 0.6 is 0 Å². The molecule has 0 saturated carbocycles. The molecule has 1 amide bonds. The largest absolute Gasteiger partial charge is 0.497 e. The van der Waals surface area contributed by atoms with Gasteiger partial charge in [-0.3, -0.25) is 4.79 Å². The second-order valence-corrected chi connectivity index (χ2v) is 7.06. The fraction of sp³-hybridized carbons (Fsp3) is 0.240. The Balaban J connectivity index is 1.88. The molecule has 0 bridgehead atoms. The lowest BCUT2D eigenvalue weighted by Crippen LogP contribution is -2.21. The van der Waals surface area contributed by atoms with Gasteiger partial charge in [-0.05, 0) is 47.4 Å². The van der Waals surface area contributed by atoms with Crippen LogP contribution in [0.4, 0.5) is 0 Å². The maximum absolute atomic E-state index is 12.2. The van der Waals surface area contributed by atoms with E-state index in [9.17, 15) is 4.79 Å². The standard InChI is InChI=1S/C25H27NO3/c1-5-19-7-6-8-23(20-11-13-21(14-12-20)25(27)26(2)3)24(19)29-17-18-9-15-22(28-4)16-10-18/h6-16H,5,17H2,1-4H3. The highest BCUT2D eigenvalue weighted by Gasteiger charge is 2.13. The molecular formula is C25H27NO3. The number of carbonyl (C=O) groups excluding carboxylic acids is 1. The lowest BCUT2D eigenvalue weighted by molar-refractivity contribution is 0.0827. The van der Waals surface area contributed by atoms with Crippen LogP contribution in [0.3, 0.4) is 0 Å². The van der Waals surface area contributed by atoms with Crippen LogP contribution in [-0.2, 0) is 13.0 Å². The normalized spacial score (nSPS) is 10.5. The van der Waals surface area contributed by atoms with Gasteiger partial charge in [0, 0.05) is 25.2 Å². The molecule has 0 aliphatic rings. The van der Waals surface area contributed by atoms with E-state index in [0.717, 1.165) is 40.2 Å². The van der Waals surface area contributed by atoms with Gasteiger partial charge >= 0.3 is 0 Å². The zero-order valence-electron chi connectivity index (χ0n) is 17.4. The molecule has 0 atom stereocenters. The Labute approximate surface area is 172 Å². The number of ether oxygens (including phenoxy) is 2. The summed E-state index contributed by atoms with van der Waals surface area (Å²) in [5, 5.41) is 0. The highest BCUT2D eigenvalue weighted by Crippen LogP contribution is 2.34. The van der Waals surface area contributed by atoms with Gasteiger partial charge in [0.05, 0.1) is 7.11 Å². The summed E-state index contributed by atoms with van der Waals surface area (Å²) >= 11 is 0. The molecule has 0 N–H and O–H groups in total. The zero-order chi connectivity index (χ0) is 20.8. The first-order valence-corrected chi connectivity index (χ1v) is 9.73. The van der Waals surface area contributed by atoms with Crippen molar-refractivity contribution in [2.45, 2.75) is 20.0 Å². The predicted molar refractivity (Wildman–Crippen MR) is 117 cm³/mol. The minimum Gasteiger partial charge on any atom is -0.497 e. The van der Waals surface area contributed by atoms with Crippen molar-refractivity contribution in [1.29, 1.82) is 0 Å². The maximum atomic E-state index is 12.2. The summed E-state index contributed by atoms with van der Waals surface area (Å²) in [6, 6.07) is 21.8. The Morgan fingerprint density at radius 3 is 2.21 bits per heavy atom. The monoisotopic (exact) mass is 389 g/mol. The molecule has 4 heteroatoms. The van der Waals surface area contributed by atoms with Crippen molar-refractivity contribution in [1.82, 2.24) is 4.90 Å². The van der Waals surface area contributed by atoms with Gasteiger partial charge in [0.25, 0.3) is 5.91 Å². The molecule has 150 valence electrons. The van der Waals surface area contributed by atoms with Gasteiger partial charge in [-0.2, -0.15) is 0 Å². The van der Waals surface area contributed by atoms with E-state index in [1.807, 2.05) is 54.6 Å². The molecule has 0 unspecified atom stereocenters. The van der Waals surface area contributed by atoms with Gasteiger partial charge in [-0.25, -0.2) is 0 Å². The quantitative estimate of drug-likeness (QED) is 0.557. The van der Waals surface area contributed by atoms with Gasteiger partial charge in [0.15, 0.2) is 0 Å². The minimum atomic E-state index is -0.00478. The first-order chi connectivity index (χ1) is 14.0. The zero-order valence-corrected chi connectivity index (χ0v) is 17.4. The van der Waals surface area contributed by atoms with E-state index < -0.39 is 0 Å². The molecule has 0 spiro atoms. The molecule has 0 heterocycles. The predicted octanol–water partition coefficient (Wildman–Crippen LogP) is 5.21. The molecule has 0 radical (unpaired) electrons. The van der Waals surface area contributed by atoms with Gasteiger partial charge < -0.3 is 14.4 Å². The summed E-state index contributed by atoms with van der Waals surface area (Å²) in [4.78, 5) is 13.7. The Morgan fingerprint density at radius 1 is 0.931 bits per heavy atom. The molecule has 0 aliphatic carbocycles. The van der Waals surface area contributed by atoms with E-state index in [1.165, 1.54) is 0 Å². The van der Waals surface area contributed by atoms with Crippen molar-refractivity contribution in [2.75, 3.05) is 21.2 Å². The topological polar surface area (TPSA) is 38.8 Å². The molecule has 3 aromatic carbocycles. The van der Waals surface area contributed by atoms with E-state index in [2.05, 4.69) is 19.1 Å². The van der Waals surface area contributed by atoms with E-state index in [0.29, 0.717) is 12.2 Å². The molecule has 0 fully saturated rings. The number of aryl methyl sites for hydroxylation is 1. The average Bonchev–Trinajstić information content (AvgIpc) is 2.77. The average molecular weight is 389 g/mol. The Bertz CT molecular complexity index is 960. The molecule has 3 rings (SSSR count). The Morgan fingerprint density at radius 2 is 1.62 bits per heavy atom. The summed E-state index contributed by atoms with van der Waals surface area (Å²) in [5.74, 6) is 1.71. The number of hydrogen-bond acceptors (Lipinski definition) is 3. The van der Waals surface area contributed by atoms with Crippen molar-refractivity contribution in [3.8, 4) is 22.6 Å². The van der Waals surface area contributed by atoms with Crippen LogP contribution in [0.5, 0.6) is 11.5 Å². The summed E-state index contributed by atoms with van der Waals surface area (Å²) in [5.41, 5.74) is 4.96. The third-order valence-electron chi connectivity index (χ3n) is 4.87. The summed E-state index contributed by atoms with van der Waals surface area (Å²) in [7, 11) is 5.17. The number of rotatable bonds is 7. The number of carbonyl (C=O) groups is 1. The van der Waals surface area contributed by atoms with Crippen LogP contribution in [0.15, 0.2) is 66.7 Å². The number of para-hydroxylation sites is 1. The maximum Gasteiger partial charge on any atom is 0.253 e. The number of nitrogens with zero attached hydrogens (tertiary/aromatic N) is 1. The molecular weight excluding hydrogens is 362 g/mol. The van der Waals surface area contributed by atoms with E-state index in [1.54, 1.807) is 26.1 Å². The fourth-order valence-corrected chi connectivity index (χ4v) is 3.19. The highest BCUT2D eigenvalue weighted by molar-refractivity contribution is 5.94. The first kappa shape index (κ1) is 20.5. The molecule has 3 aromatic rings. The van der Waals surface area contributed by atoms with Crippen LogP contribution in [0.1, 0.15) is 28.4 Å². The number of hydrogen-bond donors (Lipinski definition) is 0. The number of benzene rings is 3. The van der Waals surface area contributed by atoms with E-state index >= 15 is 0 Å². The van der Waals surface area contributed by atoms with Gasteiger partial charge in [-0.1, -0.05) is 49.4 Å². The number of methoxy groups -OCH3 is 1. The third kappa shape index (κ3) is 4.77. The van der Waals surface area contributed by atoms with Crippen LogP contribution in [0.2, 0.25) is 0 Å². The Kier molecular flexibility index (Phi) is 6.55. The minimum absolute atomic E-state index is 0.00478. The second-order valence-electron chi connectivity index (χ2n) is 7.06. The third-order valence-corrected chi connectivity index (χ3v) is 4.87. The fourth-order valence-electron chi connectivity index (χ4n) is 3.19. The lowest BCUT2D eigenvalue weighted by atomic mass is 9.99. The van der Waals surface area contributed by atoms with Crippen molar-refractivity contribution in [2.24, 2.45) is 0 Å². The van der Waals surface area contributed by atoms with Crippen LogP contribution < -0.4 is 9.47 Å². The highest BCUT2D eigenvalue weighted by atomic mass is 16.5. The van der Waals surface area contributed by atoms with Crippen molar-refractivity contribution < 1.29 is 14.3 Å². The van der Waals surface area contributed by atoms with Crippen molar-refractivity contribution >= 4 is 5.91 Å². The number of amides is 1. The second kappa shape index (κ2) is 9.28. The smallest absolute Gasteiger partial charge is 0.253 e. The van der Waals surface area contributed by atoms with E-state index in [-0.39, 0.29) is 5.91 Å². The van der Waals surface area contributed by atoms with Crippen molar-refractivity contribution in [3.63, 3.8) is 0 Å². The molecule has 29 heavy (non-hydrogen) atoms. The lowest BCUT2D eigenvalue weighted by Gasteiger charge is -2.16. The molecule has 0 aromatic heterocycles. The SMILES string of the molecule is CCc1cccc(-c2ccc(C(=O)N(C)C)cc2)c1OCc1ccc(OC)cc1. The summed E-state index contributed by atoms with van der Waals surface area (Å²) < 4.78 is 11.5. The molecule has 0 saturated heterocycles. The van der Waals surface area contributed by atoms with Crippen LogP contribution in [-0.4, -0.2) is 32.0 Å². The van der Waals surface area contributed by atoms with Crippen LogP contribution in [0, 0.1) is 0 Å². The van der Waals surface area contributed by atoms with Gasteiger partial charge in [0.2, 0.25) is 0 Å². The van der Waals surface area contributed by atoms with Gasteiger partial charge in [0.1, 0.15) is 18.1 Å². The van der Waals surface area contributed by atoms with Gasteiger partial charge in [-0.15, -0.1) is 0 Å². The Hall–Kier alpha value is -3.27. The first-order valence-electron chi connectivity index (χ1n) is 9.73. The molecule has 0 aliphatic heterocycles. The van der Waals surface area contributed by atoms with Crippen LogP contribution in [0.25, 0.3) is 11.1 Å². The summed E-state index contributed by atoms with van der Waals surface area (Å²) in [6.45, 7) is 2.60.